The van der Waals surface area contributed by atoms with Crippen LogP contribution in [0.2, 0.25) is 0 Å². The molecule has 3 N–H and O–H groups in total. The Hall–Kier alpha value is -1.94. The summed E-state index contributed by atoms with van der Waals surface area (Å²) in [5, 5.41) is 10.6. The Morgan fingerprint density at radius 2 is 0.424 bits per heavy atom. The van der Waals surface area contributed by atoms with Crippen LogP contribution in [0.5, 0.6) is 0 Å². The first-order valence-corrected chi connectivity index (χ1v) is 44.2. The molecule has 0 aromatic rings. The summed E-state index contributed by atoms with van der Waals surface area (Å²) in [6, 6.07) is 0. The fraction of sp³-hybridized carbons (Fsp3) is 0.950. The van der Waals surface area contributed by atoms with Crippen molar-refractivity contribution in [2.75, 3.05) is 39.6 Å². The summed E-state index contributed by atoms with van der Waals surface area (Å²) in [6.07, 6.45) is 55.6. The van der Waals surface area contributed by atoms with E-state index in [0.717, 1.165) is 114 Å². The van der Waals surface area contributed by atoms with Gasteiger partial charge in [0.15, 0.2) is 12.2 Å². The van der Waals surface area contributed by atoms with Crippen molar-refractivity contribution in [3.05, 3.63) is 0 Å². The molecular weight excluding hydrogens is 1290 g/mol. The van der Waals surface area contributed by atoms with E-state index in [4.69, 9.17) is 37.0 Å². The van der Waals surface area contributed by atoms with Gasteiger partial charge in [0.2, 0.25) is 0 Å². The topological polar surface area (TPSA) is 237 Å². The Morgan fingerprint density at radius 1 is 0.253 bits per heavy atom. The molecule has 5 atom stereocenters. The number of phosphoric ester groups is 2. The van der Waals surface area contributed by atoms with Gasteiger partial charge in [-0.2, -0.15) is 0 Å². The average molecular weight is 1450 g/mol. The second-order valence-electron chi connectivity index (χ2n) is 30.7. The second-order valence-corrected chi connectivity index (χ2v) is 33.6. The van der Waals surface area contributed by atoms with E-state index >= 15 is 0 Å². The number of unbranched alkanes of at least 4 members (excludes halogenated alkanes) is 43. The molecule has 0 aliphatic rings. The summed E-state index contributed by atoms with van der Waals surface area (Å²) >= 11 is 0. The van der Waals surface area contributed by atoms with Gasteiger partial charge in [-0.15, -0.1) is 0 Å². The van der Waals surface area contributed by atoms with Crippen molar-refractivity contribution in [1.82, 2.24) is 0 Å². The van der Waals surface area contributed by atoms with E-state index in [-0.39, 0.29) is 25.7 Å². The number of aliphatic hydroxyl groups excluding tert-OH is 1. The molecule has 0 saturated carbocycles. The van der Waals surface area contributed by atoms with E-state index in [9.17, 15) is 43.2 Å². The number of carbonyl (C=O) groups excluding carboxylic acids is 4. The lowest BCUT2D eigenvalue weighted by molar-refractivity contribution is -0.161. The minimum atomic E-state index is -4.96. The molecule has 0 rings (SSSR count). The largest absolute Gasteiger partial charge is 0.472 e. The zero-order chi connectivity index (χ0) is 73.1. The van der Waals surface area contributed by atoms with E-state index in [2.05, 4.69) is 55.4 Å². The van der Waals surface area contributed by atoms with Gasteiger partial charge in [-0.1, -0.05) is 357 Å². The van der Waals surface area contributed by atoms with Crippen LogP contribution in [0.15, 0.2) is 0 Å². The number of aliphatic hydroxyl groups is 1. The van der Waals surface area contributed by atoms with Crippen LogP contribution >= 0.6 is 15.6 Å². The first-order chi connectivity index (χ1) is 47.6. The summed E-state index contributed by atoms with van der Waals surface area (Å²) in [5.41, 5.74) is 0. The molecule has 0 bridgehead atoms. The number of phosphoric acid groups is 2. The maximum absolute atomic E-state index is 13.1. The van der Waals surface area contributed by atoms with E-state index in [1.165, 1.54) is 212 Å². The van der Waals surface area contributed by atoms with Crippen LogP contribution in [0.1, 0.15) is 409 Å². The lowest BCUT2D eigenvalue weighted by Crippen LogP contribution is -2.30. The zero-order valence-electron chi connectivity index (χ0n) is 65.1. The molecule has 0 aliphatic carbocycles. The normalized spacial score (nSPS) is 14.1. The van der Waals surface area contributed by atoms with Crippen molar-refractivity contribution >= 4 is 39.5 Å². The average Bonchev–Trinajstić information content (AvgIpc) is 0.942. The molecule has 588 valence electrons. The fourth-order valence-corrected chi connectivity index (χ4v) is 13.8. The maximum Gasteiger partial charge on any atom is 0.472 e. The van der Waals surface area contributed by atoms with Gasteiger partial charge in [-0.3, -0.25) is 37.3 Å². The van der Waals surface area contributed by atoms with E-state index in [1.54, 1.807) is 0 Å². The highest BCUT2D eigenvalue weighted by atomic mass is 31.2. The van der Waals surface area contributed by atoms with Crippen molar-refractivity contribution in [3.63, 3.8) is 0 Å². The molecule has 3 unspecified atom stereocenters. The van der Waals surface area contributed by atoms with Gasteiger partial charge in [0.25, 0.3) is 0 Å². The van der Waals surface area contributed by atoms with E-state index in [1.807, 2.05) is 0 Å². The SMILES string of the molecule is CC(C)CCCCCCCCCCCCCCCCCCC(=O)OC[C@H](COP(=O)(O)OCC(O)COP(=O)(O)OC[C@@H](COC(=O)CCCCCCCCCCC(C)C)OC(=O)CCCCCCCCCCCC(C)C)OC(=O)CCCCCCCCCCCCCCCCC(C)C. The molecule has 99 heavy (non-hydrogen) atoms. The highest BCUT2D eigenvalue weighted by molar-refractivity contribution is 7.47. The molecule has 0 radical (unpaired) electrons. The standard InChI is InChI=1S/C80H156O17P2/c1-70(2)56-48-40-32-24-19-15-11-9-10-12-17-21-27-36-44-52-60-77(82)90-66-75(96-79(84)62-54-46-38-28-22-18-14-13-16-20-25-33-41-49-57-71(3)4)68-94-98(86,87)92-64-74(81)65-93-99(88,89)95-69-76(67-91-78(83)61-53-45-37-31-30-35-43-51-59-73(7)8)97-80(85)63-55-47-39-29-23-26-34-42-50-58-72(5)6/h70-76,81H,9-69H2,1-8H3,(H,86,87)(H,88,89)/t74?,75-,76-/m1/s1. The minimum Gasteiger partial charge on any atom is -0.462 e. The number of ether oxygens (including phenoxy) is 4. The van der Waals surface area contributed by atoms with Crippen LogP contribution < -0.4 is 0 Å². The van der Waals surface area contributed by atoms with Crippen molar-refractivity contribution in [2.45, 2.75) is 427 Å². The van der Waals surface area contributed by atoms with Crippen LogP contribution in [-0.4, -0.2) is 96.7 Å². The number of esters is 4. The highest BCUT2D eigenvalue weighted by Crippen LogP contribution is 2.45. The molecule has 0 aromatic carbocycles. The number of rotatable bonds is 77. The van der Waals surface area contributed by atoms with E-state index < -0.39 is 97.5 Å². The molecule has 0 heterocycles. The van der Waals surface area contributed by atoms with Crippen LogP contribution in [0.4, 0.5) is 0 Å². The van der Waals surface area contributed by atoms with Crippen LogP contribution in [0.25, 0.3) is 0 Å². The Labute approximate surface area is 607 Å². The van der Waals surface area contributed by atoms with Crippen LogP contribution in [0.3, 0.4) is 0 Å². The van der Waals surface area contributed by atoms with E-state index in [0.29, 0.717) is 25.7 Å². The first-order valence-electron chi connectivity index (χ1n) is 41.2. The maximum atomic E-state index is 13.1. The Kier molecular flexibility index (Phi) is 67.8. The number of hydrogen-bond acceptors (Lipinski definition) is 15. The Bertz CT molecular complexity index is 1940. The quantitative estimate of drug-likeness (QED) is 0.0222. The van der Waals surface area contributed by atoms with Crippen molar-refractivity contribution in [3.8, 4) is 0 Å². The lowest BCUT2D eigenvalue weighted by atomic mass is 10.0. The molecular formula is C80H156O17P2. The first kappa shape index (κ1) is 97.1. The van der Waals surface area contributed by atoms with Crippen LogP contribution in [-0.2, 0) is 65.4 Å². The van der Waals surface area contributed by atoms with Gasteiger partial charge in [0, 0.05) is 25.7 Å². The minimum absolute atomic E-state index is 0.105. The third kappa shape index (κ3) is 74.1. The van der Waals surface area contributed by atoms with Gasteiger partial charge in [-0.25, -0.2) is 9.13 Å². The predicted octanol–water partition coefficient (Wildman–Crippen LogP) is 23.6. The molecule has 0 aliphatic heterocycles. The molecule has 17 nitrogen and oxygen atoms in total. The van der Waals surface area contributed by atoms with Gasteiger partial charge in [0.05, 0.1) is 26.4 Å². The highest BCUT2D eigenvalue weighted by Gasteiger charge is 2.30. The molecule has 0 spiro atoms. The molecule has 0 saturated heterocycles. The van der Waals surface area contributed by atoms with Gasteiger partial charge in [0.1, 0.15) is 19.3 Å². The summed E-state index contributed by atoms with van der Waals surface area (Å²) in [5.74, 6) is 0.954. The van der Waals surface area contributed by atoms with Gasteiger partial charge >= 0.3 is 39.5 Å². The summed E-state index contributed by atoms with van der Waals surface area (Å²) in [4.78, 5) is 73.0. The third-order valence-electron chi connectivity index (χ3n) is 18.6. The smallest absolute Gasteiger partial charge is 0.462 e. The van der Waals surface area contributed by atoms with Crippen molar-refractivity contribution < 1.29 is 80.2 Å². The Balaban J connectivity index is 5.24. The number of carbonyl (C=O) groups is 4. The Morgan fingerprint density at radius 3 is 0.626 bits per heavy atom. The fourth-order valence-electron chi connectivity index (χ4n) is 12.3. The zero-order valence-corrected chi connectivity index (χ0v) is 66.9. The van der Waals surface area contributed by atoms with Crippen molar-refractivity contribution in [2.24, 2.45) is 23.7 Å². The summed E-state index contributed by atoms with van der Waals surface area (Å²) in [7, 11) is -9.92. The third-order valence-corrected chi connectivity index (χ3v) is 20.5. The van der Waals surface area contributed by atoms with Crippen LogP contribution in [0, 0.1) is 23.7 Å². The van der Waals surface area contributed by atoms with Gasteiger partial charge in [-0.05, 0) is 49.4 Å². The molecule has 0 fully saturated rings. The molecule has 19 heteroatoms. The van der Waals surface area contributed by atoms with Crippen molar-refractivity contribution in [1.29, 1.82) is 0 Å². The summed E-state index contributed by atoms with van der Waals surface area (Å²) < 4.78 is 68.7. The molecule has 0 aromatic heterocycles. The second kappa shape index (κ2) is 69.1. The molecule has 0 amide bonds. The number of hydrogen-bond donors (Lipinski definition) is 3. The summed E-state index contributed by atoms with van der Waals surface area (Å²) in [6.45, 7) is 14.2. The monoisotopic (exact) mass is 1450 g/mol. The lowest BCUT2D eigenvalue weighted by Gasteiger charge is -2.21. The predicted molar refractivity (Wildman–Crippen MR) is 404 cm³/mol. The van der Waals surface area contributed by atoms with Gasteiger partial charge < -0.3 is 33.8 Å².